The molecule has 0 bridgehead atoms. The number of nitrogens with zero attached hydrogens (tertiary/aromatic N) is 3. The molecule has 0 aliphatic carbocycles. The van der Waals surface area contributed by atoms with Crippen molar-refractivity contribution in [2.45, 2.75) is 146 Å². The maximum Gasteiger partial charge on any atom is 0.244 e. The lowest BCUT2D eigenvalue weighted by Crippen LogP contribution is -2.34. The third kappa shape index (κ3) is 12.9. The molecule has 1 aliphatic rings. The Morgan fingerprint density at radius 1 is 0.438 bits per heavy atom. The van der Waals surface area contributed by atoms with E-state index in [0.717, 1.165) is 57.1 Å². The third-order valence-corrected chi connectivity index (χ3v) is 18.2. The smallest absolute Gasteiger partial charge is 0.207 e. The van der Waals surface area contributed by atoms with Crippen molar-refractivity contribution in [2.75, 3.05) is 44.6 Å². The lowest BCUT2D eigenvalue weighted by atomic mass is 9.89. The van der Waals surface area contributed by atoms with Gasteiger partial charge in [0.2, 0.25) is 30.1 Å². The van der Waals surface area contributed by atoms with E-state index in [9.17, 15) is 8.42 Å². The van der Waals surface area contributed by atoms with Gasteiger partial charge in [0, 0.05) is 44.6 Å². The molecule has 0 fully saturated rings. The average Bonchev–Trinajstić information content (AvgIpc) is 3.24. The Morgan fingerprint density at radius 3 is 0.969 bits per heavy atom. The zero-order chi connectivity index (χ0) is 47.7. The lowest BCUT2D eigenvalue weighted by Gasteiger charge is -2.28. The first kappa shape index (κ1) is 53.7. The Labute approximate surface area is 396 Å². The maximum absolute atomic E-state index is 15.1. The highest BCUT2D eigenvalue weighted by Crippen LogP contribution is 2.38. The predicted molar refractivity (Wildman–Crippen MR) is 270 cm³/mol. The van der Waals surface area contributed by atoms with Crippen LogP contribution in [0.15, 0.2) is 99.7 Å². The highest BCUT2D eigenvalue weighted by molar-refractivity contribution is 9.09. The van der Waals surface area contributed by atoms with Crippen molar-refractivity contribution in [3.8, 4) is 0 Å². The highest BCUT2D eigenvalue weighted by atomic mass is 79.9. The Balaban J connectivity index is 1.91. The fourth-order valence-corrected chi connectivity index (χ4v) is 13.5. The molecule has 3 aromatic carbocycles. The fraction of sp³-hybridized carbons (Fsp3) is 0.529. The van der Waals surface area contributed by atoms with Gasteiger partial charge in [-0.3, -0.25) is 0 Å². The van der Waals surface area contributed by atoms with Crippen LogP contribution in [0, 0.1) is 0 Å². The van der Waals surface area contributed by atoms with E-state index in [1.165, 1.54) is 12.9 Å². The van der Waals surface area contributed by atoms with Crippen molar-refractivity contribution >= 4 is 46.0 Å². The quantitative estimate of drug-likeness (QED) is 0.111. The summed E-state index contributed by atoms with van der Waals surface area (Å²) in [4.78, 5) is 0.740. The number of benzene rings is 3. The fourth-order valence-electron chi connectivity index (χ4n) is 7.85. The van der Waals surface area contributed by atoms with Gasteiger partial charge < -0.3 is 0 Å². The maximum atomic E-state index is 15.1. The molecule has 0 N–H and O–H groups in total. The summed E-state index contributed by atoms with van der Waals surface area (Å²) in [6.45, 7) is 24.3. The number of rotatable bonds is 15. The van der Waals surface area contributed by atoms with Crippen molar-refractivity contribution in [1.29, 1.82) is 0 Å². The number of hydrogen-bond donors (Lipinski definition) is 0. The first-order valence-electron chi connectivity index (χ1n) is 22.9. The Bertz CT molecular complexity index is 2280. The summed E-state index contributed by atoms with van der Waals surface area (Å²) in [6.07, 6.45) is 12.0. The van der Waals surface area contributed by atoms with Crippen molar-refractivity contribution in [1.82, 2.24) is 12.9 Å². The second kappa shape index (κ2) is 23.2. The zero-order valence-corrected chi connectivity index (χ0v) is 44.3. The van der Waals surface area contributed by atoms with Gasteiger partial charge in [0.05, 0.1) is 14.7 Å². The largest absolute Gasteiger partial charge is 0.244 e. The second-order valence-corrected chi connectivity index (χ2v) is 25.3. The Hall–Kier alpha value is -2.91. The van der Waals surface area contributed by atoms with Gasteiger partial charge in [-0.2, -0.15) is 12.9 Å². The minimum atomic E-state index is -4.14. The van der Waals surface area contributed by atoms with Crippen LogP contribution < -0.4 is 0 Å². The number of aryl methyl sites for hydroxylation is 1. The summed E-state index contributed by atoms with van der Waals surface area (Å²) in [5.74, 6) is 0.0611. The van der Waals surface area contributed by atoms with E-state index in [4.69, 9.17) is 0 Å². The van der Waals surface area contributed by atoms with E-state index in [2.05, 4.69) is 43.6 Å². The van der Waals surface area contributed by atoms with E-state index in [-0.39, 0.29) is 79.7 Å². The van der Waals surface area contributed by atoms with E-state index < -0.39 is 30.1 Å². The number of sulfonamides is 3. The van der Waals surface area contributed by atoms with Crippen molar-refractivity contribution in [2.24, 2.45) is 0 Å². The van der Waals surface area contributed by atoms with Crippen LogP contribution in [-0.2, 0) is 36.5 Å². The average molecular weight is 1000 g/mol. The third-order valence-electron chi connectivity index (χ3n) is 11.9. The summed E-state index contributed by atoms with van der Waals surface area (Å²) in [7, 11) is -12.3. The molecule has 9 nitrogen and oxygen atoms in total. The number of alkyl halides is 1. The minimum absolute atomic E-state index is 0.0284. The van der Waals surface area contributed by atoms with Crippen molar-refractivity contribution in [3.63, 3.8) is 0 Å². The summed E-state index contributed by atoms with van der Waals surface area (Å²) in [6, 6.07) is 15.0. The standard InChI is InChI=1S/C51H74BrN3O6S3/c1-36(2)43-32-46(38(5)6)50(47(33-43)39(7)8)63(58,59)54-28-15-13-26-53(62(56,57)45-23-21-42(22-24-45)20-19-25-52)27-14-16-29-55(31-18-17-30-54)64(60,61)51-48(40(9)10)34-44(37(3)4)35-49(51)41(11)12/h13-18,21-24,32-41H,19-20,25-31H2,1-12H3/b15-13-,16-14+,18-17+. The molecule has 0 saturated heterocycles. The van der Waals surface area contributed by atoms with Crippen LogP contribution in [0.4, 0.5) is 0 Å². The van der Waals surface area contributed by atoms with Gasteiger partial charge in [0.15, 0.2) is 0 Å². The second-order valence-electron chi connectivity index (χ2n) is 18.8. The number of hydrogen-bond acceptors (Lipinski definition) is 6. The monoisotopic (exact) mass is 999 g/mol. The molecule has 0 amide bonds. The van der Waals surface area contributed by atoms with E-state index in [1.54, 1.807) is 48.6 Å². The van der Waals surface area contributed by atoms with Gasteiger partial charge in [0.25, 0.3) is 0 Å². The molecule has 13 heteroatoms. The molecule has 0 radical (unpaired) electrons. The first-order valence-corrected chi connectivity index (χ1v) is 28.4. The summed E-state index contributed by atoms with van der Waals surface area (Å²) in [5, 5.41) is 0.845. The van der Waals surface area contributed by atoms with Gasteiger partial charge in [-0.15, -0.1) is 0 Å². The Morgan fingerprint density at radius 2 is 0.719 bits per heavy atom. The molecule has 64 heavy (non-hydrogen) atoms. The van der Waals surface area contributed by atoms with Crippen molar-refractivity contribution in [3.05, 3.63) is 124 Å². The van der Waals surface area contributed by atoms with Crippen LogP contribution in [0.3, 0.4) is 0 Å². The molecule has 354 valence electrons. The van der Waals surface area contributed by atoms with Crippen LogP contribution in [0.25, 0.3) is 0 Å². The summed E-state index contributed by atoms with van der Waals surface area (Å²) < 4.78 is 93.3. The molecule has 3 aromatic rings. The zero-order valence-electron chi connectivity index (χ0n) is 40.3. The van der Waals surface area contributed by atoms with Gasteiger partial charge in [-0.1, -0.05) is 172 Å². The minimum Gasteiger partial charge on any atom is -0.207 e. The molecule has 0 saturated carbocycles. The van der Waals surface area contributed by atoms with Crippen molar-refractivity contribution < 1.29 is 25.3 Å². The van der Waals surface area contributed by atoms with Gasteiger partial charge >= 0.3 is 0 Å². The lowest BCUT2D eigenvalue weighted by molar-refractivity contribution is 0.462. The number of halogens is 1. The van der Waals surface area contributed by atoms with Gasteiger partial charge in [-0.25, -0.2) is 25.3 Å². The summed E-state index contributed by atoms with van der Waals surface area (Å²) in [5.41, 5.74) is 6.20. The molecule has 1 aliphatic heterocycles. The topological polar surface area (TPSA) is 112 Å². The van der Waals surface area contributed by atoms with Crippen LogP contribution in [0.2, 0.25) is 0 Å². The molecule has 0 spiro atoms. The van der Waals surface area contributed by atoms with Crippen LogP contribution in [-0.4, -0.2) is 82.8 Å². The SMILES string of the molecule is CC(C)c1cc(C(C)C)c(S(=O)(=O)N2C/C=C\CN(S(=O)(=O)c3ccc(CCCBr)cc3)C/C=C/CN(S(=O)(=O)c3c(C(C)C)cc(C(C)C)cc3C(C)C)C/C=C/C2)c(C(C)C)c1. The van der Waals surface area contributed by atoms with E-state index in [0.29, 0.717) is 9.79 Å². The van der Waals surface area contributed by atoms with E-state index in [1.807, 2.05) is 91.8 Å². The van der Waals surface area contributed by atoms with Crippen LogP contribution >= 0.6 is 15.9 Å². The first-order chi connectivity index (χ1) is 30.0. The molecule has 0 aromatic heterocycles. The molecule has 0 unspecified atom stereocenters. The molecule has 0 atom stereocenters. The van der Waals surface area contributed by atoms with Gasteiger partial charge in [0.1, 0.15) is 0 Å². The van der Waals surface area contributed by atoms with Crippen LogP contribution in [0.5, 0.6) is 0 Å². The molecule has 4 rings (SSSR count). The summed E-state index contributed by atoms with van der Waals surface area (Å²) >= 11 is 3.46. The molecular weight excluding hydrogens is 927 g/mol. The Kier molecular flexibility index (Phi) is 19.5. The van der Waals surface area contributed by atoms with Gasteiger partial charge in [-0.05, 0) is 99.4 Å². The normalized spacial score (nSPS) is 17.7. The van der Waals surface area contributed by atoms with Crippen LogP contribution in [0.1, 0.15) is 164 Å². The predicted octanol–water partition coefficient (Wildman–Crippen LogP) is 11.8. The molecule has 1 heterocycles. The van der Waals surface area contributed by atoms with E-state index >= 15 is 16.8 Å². The highest BCUT2D eigenvalue weighted by Gasteiger charge is 2.34. The molecular formula is C51H74BrN3O6S3.